The molecule has 0 spiro atoms. The van der Waals surface area contributed by atoms with Crippen LogP contribution in [-0.2, 0) is 16.0 Å². The fourth-order valence-electron chi connectivity index (χ4n) is 4.21. The molecule has 3 rings (SSSR count). The van der Waals surface area contributed by atoms with Crippen LogP contribution in [0.25, 0.3) is 0 Å². The minimum Gasteiger partial charge on any atom is -0.354 e. The van der Waals surface area contributed by atoms with Crippen molar-refractivity contribution in [3.05, 3.63) is 35.9 Å². The lowest BCUT2D eigenvalue weighted by molar-refractivity contribution is -0.135. The Hall–Kier alpha value is -1.88. The van der Waals surface area contributed by atoms with Gasteiger partial charge in [0, 0.05) is 25.7 Å². The van der Waals surface area contributed by atoms with E-state index >= 15 is 0 Å². The summed E-state index contributed by atoms with van der Waals surface area (Å²) in [4.78, 5) is 29.5. The monoisotopic (exact) mass is 357 g/mol. The molecule has 2 fully saturated rings. The van der Waals surface area contributed by atoms with E-state index in [2.05, 4.69) is 17.1 Å². The molecule has 5 nitrogen and oxygen atoms in total. The van der Waals surface area contributed by atoms with Crippen LogP contribution >= 0.6 is 0 Å². The molecule has 2 amide bonds. The Labute approximate surface area is 156 Å². The number of piperidine rings is 1. The zero-order valence-corrected chi connectivity index (χ0v) is 15.8. The first kappa shape index (κ1) is 18.9. The minimum atomic E-state index is -0.0695. The molecular formula is C21H31N3O2. The molecule has 1 aromatic rings. The van der Waals surface area contributed by atoms with Gasteiger partial charge in [0.05, 0.1) is 12.3 Å². The average Bonchev–Trinajstić information content (AvgIpc) is 3.14. The van der Waals surface area contributed by atoms with Crippen molar-refractivity contribution in [1.82, 2.24) is 15.1 Å². The summed E-state index contributed by atoms with van der Waals surface area (Å²) in [5, 5.41) is 3.15. The van der Waals surface area contributed by atoms with Gasteiger partial charge in [-0.25, -0.2) is 0 Å². The standard InChI is InChI=1S/C21H31N3O2/c1-2-23-12-7-11-19(23)15-22-21(26)18-10-6-13-24(16-18)20(25)14-17-8-4-3-5-9-17/h3-5,8-9,18-19H,2,6-7,10-16H2,1H3,(H,22,26)/t18-,19-/m1/s1. The molecule has 0 saturated carbocycles. The summed E-state index contributed by atoms with van der Waals surface area (Å²) in [6.45, 7) is 6.42. The summed E-state index contributed by atoms with van der Waals surface area (Å²) in [5.74, 6) is 0.173. The molecule has 2 aliphatic heterocycles. The molecule has 2 heterocycles. The third-order valence-corrected chi connectivity index (χ3v) is 5.76. The molecule has 1 aromatic carbocycles. The molecule has 26 heavy (non-hydrogen) atoms. The topological polar surface area (TPSA) is 52.7 Å². The predicted molar refractivity (Wildman–Crippen MR) is 103 cm³/mol. The van der Waals surface area contributed by atoms with Gasteiger partial charge in [-0.2, -0.15) is 0 Å². The Balaban J connectivity index is 1.48. The Morgan fingerprint density at radius 3 is 2.65 bits per heavy atom. The summed E-state index contributed by atoms with van der Waals surface area (Å²) in [6.07, 6.45) is 4.59. The number of carbonyl (C=O) groups excluding carboxylic acids is 2. The number of rotatable bonds is 6. The van der Waals surface area contributed by atoms with Gasteiger partial charge >= 0.3 is 0 Å². The van der Waals surface area contributed by atoms with Crippen LogP contribution in [0.1, 0.15) is 38.2 Å². The van der Waals surface area contributed by atoms with Gasteiger partial charge in [-0.05, 0) is 44.3 Å². The molecule has 0 aromatic heterocycles. The summed E-state index contributed by atoms with van der Waals surface area (Å²) < 4.78 is 0. The van der Waals surface area contributed by atoms with Crippen LogP contribution in [0.5, 0.6) is 0 Å². The molecule has 142 valence electrons. The number of nitrogens with one attached hydrogen (secondary N) is 1. The van der Waals surface area contributed by atoms with Crippen molar-refractivity contribution in [2.75, 3.05) is 32.7 Å². The van der Waals surface area contributed by atoms with Gasteiger partial charge in [0.25, 0.3) is 0 Å². The largest absolute Gasteiger partial charge is 0.354 e. The quantitative estimate of drug-likeness (QED) is 0.848. The molecular weight excluding hydrogens is 326 g/mol. The van der Waals surface area contributed by atoms with Crippen LogP contribution in [0.4, 0.5) is 0 Å². The van der Waals surface area contributed by atoms with E-state index in [1.165, 1.54) is 12.8 Å². The maximum absolute atomic E-state index is 12.6. The van der Waals surface area contributed by atoms with E-state index in [1.807, 2.05) is 35.2 Å². The molecule has 1 N–H and O–H groups in total. The van der Waals surface area contributed by atoms with Crippen LogP contribution in [-0.4, -0.2) is 60.4 Å². The van der Waals surface area contributed by atoms with Gasteiger partial charge in [-0.3, -0.25) is 14.5 Å². The van der Waals surface area contributed by atoms with E-state index in [0.717, 1.165) is 44.6 Å². The van der Waals surface area contributed by atoms with Gasteiger partial charge in [-0.1, -0.05) is 37.3 Å². The second-order valence-electron chi connectivity index (χ2n) is 7.51. The summed E-state index contributed by atoms with van der Waals surface area (Å²) in [5.41, 5.74) is 1.03. The Morgan fingerprint density at radius 2 is 1.88 bits per heavy atom. The first-order valence-electron chi connectivity index (χ1n) is 10.0. The Kier molecular flexibility index (Phi) is 6.67. The van der Waals surface area contributed by atoms with Crippen LogP contribution in [0.3, 0.4) is 0 Å². The van der Waals surface area contributed by atoms with Crippen molar-refractivity contribution in [2.24, 2.45) is 5.92 Å². The maximum Gasteiger partial charge on any atom is 0.227 e. The van der Waals surface area contributed by atoms with Gasteiger partial charge < -0.3 is 10.2 Å². The Morgan fingerprint density at radius 1 is 1.12 bits per heavy atom. The van der Waals surface area contributed by atoms with Crippen LogP contribution < -0.4 is 5.32 Å². The molecule has 0 unspecified atom stereocenters. The second kappa shape index (κ2) is 9.17. The first-order chi connectivity index (χ1) is 12.7. The van der Waals surface area contributed by atoms with E-state index in [-0.39, 0.29) is 17.7 Å². The van der Waals surface area contributed by atoms with Gasteiger partial charge in [0.15, 0.2) is 0 Å². The number of likely N-dealkylation sites (N-methyl/N-ethyl adjacent to an activating group) is 1. The van der Waals surface area contributed by atoms with Gasteiger partial charge in [0.1, 0.15) is 0 Å². The zero-order valence-electron chi connectivity index (χ0n) is 15.8. The Bertz CT molecular complexity index is 605. The number of benzene rings is 1. The third kappa shape index (κ3) is 4.85. The number of amides is 2. The number of hydrogen-bond donors (Lipinski definition) is 1. The lowest BCUT2D eigenvalue weighted by atomic mass is 9.96. The highest BCUT2D eigenvalue weighted by molar-refractivity contribution is 5.82. The molecule has 2 atom stereocenters. The smallest absolute Gasteiger partial charge is 0.227 e. The molecule has 5 heteroatoms. The highest BCUT2D eigenvalue weighted by Gasteiger charge is 2.29. The third-order valence-electron chi connectivity index (χ3n) is 5.76. The van der Waals surface area contributed by atoms with E-state index in [4.69, 9.17) is 0 Å². The van der Waals surface area contributed by atoms with Crippen molar-refractivity contribution >= 4 is 11.8 Å². The fraction of sp³-hybridized carbons (Fsp3) is 0.619. The van der Waals surface area contributed by atoms with E-state index < -0.39 is 0 Å². The first-order valence-corrected chi connectivity index (χ1v) is 10.0. The van der Waals surface area contributed by atoms with Crippen LogP contribution in [0, 0.1) is 5.92 Å². The maximum atomic E-state index is 12.6. The molecule has 2 saturated heterocycles. The number of nitrogens with zero attached hydrogens (tertiary/aromatic N) is 2. The van der Waals surface area contributed by atoms with Crippen LogP contribution in [0.2, 0.25) is 0 Å². The highest BCUT2D eigenvalue weighted by atomic mass is 16.2. The predicted octanol–water partition coefficient (Wildman–Crippen LogP) is 2.07. The lowest BCUT2D eigenvalue weighted by Gasteiger charge is -2.32. The summed E-state index contributed by atoms with van der Waals surface area (Å²) in [7, 11) is 0. The molecule has 0 bridgehead atoms. The number of hydrogen-bond acceptors (Lipinski definition) is 3. The number of carbonyl (C=O) groups is 2. The van der Waals surface area contributed by atoms with E-state index in [1.54, 1.807) is 0 Å². The van der Waals surface area contributed by atoms with Crippen molar-refractivity contribution in [2.45, 2.75) is 45.1 Å². The van der Waals surface area contributed by atoms with Crippen molar-refractivity contribution in [3.8, 4) is 0 Å². The normalized spacial score (nSPS) is 23.8. The molecule has 0 aliphatic carbocycles. The zero-order chi connectivity index (χ0) is 18.4. The van der Waals surface area contributed by atoms with Gasteiger partial charge in [0.2, 0.25) is 11.8 Å². The molecule has 2 aliphatic rings. The van der Waals surface area contributed by atoms with Crippen molar-refractivity contribution < 1.29 is 9.59 Å². The van der Waals surface area contributed by atoms with Crippen LogP contribution in [0.15, 0.2) is 30.3 Å². The minimum absolute atomic E-state index is 0.0695. The lowest BCUT2D eigenvalue weighted by Crippen LogP contribution is -2.48. The van der Waals surface area contributed by atoms with E-state index in [0.29, 0.717) is 19.0 Å². The summed E-state index contributed by atoms with van der Waals surface area (Å²) in [6, 6.07) is 10.3. The summed E-state index contributed by atoms with van der Waals surface area (Å²) >= 11 is 0. The average molecular weight is 357 g/mol. The van der Waals surface area contributed by atoms with E-state index in [9.17, 15) is 9.59 Å². The van der Waals surface area contributed by atoms with Gasteiger partial charge in [-0.15, -0.1) is 0 Å². The highest BCUT2D eigenvalue weighted by Crippen LogP contribution is 2.19. The molecule has 0 radical (unpaired) electrons. The van der Waals surface area contributed by atoms with Crippen molar-refractivity contribution in [3.63, 3.8) is 0 Å². The SMILES string of the molecule is CCN1CCC[C@@H]1CNC(=O)[C@@H]1CCCN(C(=O)Cc2ccccc2)C1. The second-order valence-corrected chi connectivity index (χ2v) is 7.51. The fourth-order valence-corrected chi connectivity index (χ4v) is 4.21. The van der Waals surface area contributed by atoms with Crippen molar-refractivity contribution in [1.29, 1.82) is 0 Å². The number of likely N-dealkylation sites (tertiary alicyclic amines) is 2.